The van der Waals surface area contributed by atoms with Gasteiger partial charge in [-0.05, 0) is 24.6 Å². The maximum Gasteiger partial charge on any atom is 0.221 e. The third-order valence-electron chi connectivity index (χ3n) is 2.81. The summed E-state index contributed by atoms with van der Waals surface area (Å²) in [5.41, 5.74) is 10.6. The van der Waals surface area contributed by atoms with Gasteiger partial charge in [0.05, 0.1) is 0 Å². The summed E-state index contributed by atoms with van der Waals surface area (Å²) in [5.74, 6) is -0.0883. The molecule has 0 aliphatic rings. The van der Waals surface area contributed by atoms with Crippen LogP contribution in [0.15, 0.2) is 42.5 Å². The first-order valence-electron chi connectivity index (χ1n) is 5.81. The zero-order valence-electron chi connectivity index (χ0n) is 10.5. The Bertz CT molecular complexity index is 571. The first kappa shape index (κ1) is 12.2. The second-order valence-corrected chi connectivity index (χ2v) is 4.27. The Balaban J connectivity index is 2.60. The van der Waals surface area contributed by atoms with Crippen LogP contribution in [0.4, 0.5) is 11.4 Å². The molecule has 1 amide bonds. The normalized spacial score (nSPS) is 10.1. The maximum absolute atomic E-state index is 11.2. The number of hydrogen-bond acceptors (Lipinski definition) is 2. The minimum Gasteiger partial charge on any atom is -0.398 e. The molecule has 0 unspecified atom stereocenters. The number of anilines is 2. The van der Waals surface area contributed by atoms with Gasteiger partial charge in [0.25, 0.3) is 0 Å². The average Bonchev–Trinajstić information content (AvgIpc) is 2.30. The summed E-state index contributed by atoms with van der Waals surface area (Å²) in [6.07, 6.45) is 0. The molecular weight excluding hydrogens is 224 g/mol. The molecule has 0 heterocycles. The van der Waals surface area contributed by atoms with Crippen LogP contribution in [0.2, 0.25) is 0 Å². The maximum atomic E-state index is 11.2. The van der Waals surface area contributed by atoms with E-state index < -0.39 is 0 Å². The van der Waals surface area contributed by atoms with Gasteiger partial charge >= 0.3 is 0 Å². The topological polar surface area (TPSA) is 55.1 Å². The van der Waals surface area contributed by atoms with Crippen LogP contribution in [0.3, 0.4) is 0 Å². The SMILES string of the molecule is CC(=O)Nc1ccccc1-c1c(C)cccc1N. The fraction of sp³-hybridized carbons (Fsp3) is 0.133. The highest BCUT2D eigenvalue weighted by atomic mass is 16.1. The van der Waals surface area contributed by atoms with Gasteiger partial charge < -0.3 is 11.1 Å². The molecule has 2 aromatic rings. The van der Waals surface area contributed by atoms with Gasteiger partial charge in [0, 0.05) is 29.4 Å². The zero-order valence-corrected chi connectivity index (χ0v) is 10.5. The van der Waals surface area contributed by atoms with Crippen LogP contribution >= 0.6 is 0 Å². The summed E-state index contributed by atoms with van der Waals surface area (Å²) in [6, 6.07) is 13.5. The molecule has 0 fully saturated rings. The number of benzene rings is 2. The number of amides is 1. The van der Waals surface area contributed by atoms with E-state index in [4.69, 9.17) is 5.73 Å². The number of nitrogens with two attached hydrogens (primary N) is 1. The largest absolute Gasteiger partial charge is 0.398 e. The molecule has 3 nitrogen and oxygen atoms in total. The highest BCUT2D eigenvalue weighted by molar-refractivity contribution is 5.96. The van der Waals surface area contributed by atoms with Crippen molar-refractivity contribution < 1.29 is 4.79 Å². The van der Waals surface area contributed by atoms with E-state index in [0.29, 0.717) is 5.69 Å². The fourth-order valence-corrected chi connectivity index (χ4v) is 2.06. The summed E-state index contributed by atoms with van der Waals surface area (Å²) in [5, 5.41) is 2.83. The van der Waals surface area contributed by atoms with E-state index in [-0.39, 0.29) is 5.91 Å². The second kappa shape index (κ2) is 4.92. The summed E-state index contributed by atoms with van der Waals surface area (Å²) >= 11 is 0. The number of rotatable bonds is 2. The van der Waals surface area contributed by atoms with Crippen molar-refractivity contribution in [3.8, 4) is 11.1 Å². The van der Waals surface area contributed by atoms with Gasteiger partial charge in [-0.15, -0.1) is 0 Å². The predicted octanol–water partition coefficient (Wildman–Crippen LogP) is 3.20. The van der Waals surface area contributed by atoms with Crippen molar-refractivity contribution in [1.82, 2.24) is 0 Å². The Morgan fingerprint density at radius 3 is 2.50 bits per heavy atom. The van der Waals surface area contributed by atoms with Gasteiger partial charge in [0.2, 0.25) is 5.91 Å². The highest BCUT2D eigenvalue weighted by Gasteiger charge is 2.10. The van der Waals surface area contributed by atoms with Crippen LogP contribution in [0.25, 0.3) is 11.1 Å². The molecule has 3 N–H and O–H groups in total. The number of hydrogen-bond donors (Lipinski definition) is 2. The monoisotopic (exact) mass is 240 g/mol. The summed E-state index contributed by atoms with van der Waals surface area (Å²) in [4.78, 5) is 11.2. The molecule has 0 spiro atoms. The molecule has 0 bridgehead atoms. The molecule has 92 valence electrons. The summed E-state index contributed by atoms with van der Waals surface area (Å²) in [6.45, 7) is 3.51. The van der Waals surface area contributed by atoms with E-state index in [1.165, 1.54) is 6.92 Å². The zero-order chi connectivity index (χ0) is 13.1. The van der Waals surface area contributed by atoms with Gasteiger partial charge in [-0.3, -0.25) is 4.79 Å². The highest BCUT2D eigenvalue weighted by Crippen LogP contribution is 2.34. The molecule has 0 aliphatic carbocycles. The van der Waals surface area contributed by atoms with Crippen LogP contribution in [0.1, 0.15) is 12.5 Å². The van der Waals surface area contributed by atoms with Crippen molar-refractivity contribution in [1.29, 1.82) is 0 Å². The van der Waals surface area contributed by atoms with E-state index in [1.54, 1.807) is 0 Å². The first-order chi connectivity index (χ1) is 8.59. The van der Waals surface area contributed by atoms with Crippen molar-refractivity contribution >= 4 is 17.3 Å². The lowest BCUT2D eigenvalue weighted by molar-refractivity contribution is -0.114. The molecule has 0 atom stereocenters. The molecule has 2 aromatic carbocycles. The van der Waals surface area contributed by atoms with Crippen molar-refractivity contribution in [3.63, 3.8) is 0 Å². The molecule has 0 aliphatic heterocycles. The number of carbonyl (C=O) groups excluding carboxylic acids is 1. The lowest BCUT2D eigenvalue weighted by Gasteiger charge is -2.14. The molecule has 0 aromatic heterocycles. The van der Waals surface area contributed by atoms with Crippen molar-refractivity contribution in [3.05, 3.63) is 48.0 Å². The van der Waals surface area contributed by atoms with Crippen molar-refractivity contribution in [2.45, 2.75) is 13.8 Å². The summed E-state index contributed by atoms with van der Waals surface area (Å²) < 4.78 is 0. The molecular formula is C15H16N2O. The third kappa shape index (κ3) is 2.35. The number of nitrogen functional groups attached to an aromatic ring is 1. The van der Waals surface area contributed by atoms with Crippen LogP contribution in [-0.2, 0) is 4.79 Å². The quantitative estimate of drug-likeness (QED) is 0.792. The minimum absolute atomic E-state index is 0.0883. The smallest absolute Gasteiger partial charge is 0.221 e. The van der Waals surface area contributed by atoms with E-state index in [1.807, 2.05) is 49.4 Å². The van der Waals surface area contributed by atoms with Crippen molar-refractivity contribution in [2.24, 2.45) is 0 Å². The predicted molar refractivity (Wildman–Crippen MR) is 75.3 cm³/mol. The van der Waals surface area contributed by atoms with E-state index in [2.05, 4.69) is 5.32 Å². The van der Waals surface area contributed by atoms with Crippen LogP contribution in [-0.4, -0.2) is 5.91 Å². The first-order valence-corrected chi connectivity index (χ1v) is 5.81. The molecule has 2 rings (SSSR count). The third-order valence-corrected chi connectivity index (χ3v) is 2.81. The summed E-state index contributed by atoms with van der Waals surface area (Å²) in [7, 11) is 0. The lowest BCUT2D eigenvalue weighted by Crippen LogP contribution is -2.07. The lowest BCUT2D eigenvalue weighted by atomic mass is 9.97. The Labute approximate surface area is 107 Å². The van der Waals surface area contributed by atoms with Gasteiger partial charge in [0.15, 0.2) is 0 Å². The molecule has 3 heteroatoms. The van der Waals surface area contributed by atoms with Crippen molar-refractivity contribution in [2.75, 3.05) is 11.1 Å². The Morgan fingerprint density at radius 2 is 1.83 bits per heavy atom. The van der Waals surface area contributed by atoms with E-state index in [0.717, 1.165) is 22.4 Å². The second-order valence-electron chi connectivity index (χ2n) is 4.27. The average molecular weight is 240 g/mol. The Kier molecular flexibility index (Phi) is 3.33. The number of aryl methyl sites for hydroxylation is 1. The Morgan fingerprint density at radius 1 is 1.11 bits per heavy atom. The molecule has 0 saturated heterocycles. The van der Waals surface area contributed by atoms with Crippen LogP contribution in [0.5, 0.6) is 0 Å². The standard InChI is InChI=1S/C15H16N2O/c1-10-6-5-8-13(16)15(10)12-7-3-4-9-14(12)17-11(2)18/h3-9H,16H2,1-2H3,(H,17,18). The number of para-hydroxylation sites is 1. The molecule has 0 saturated carbocycles. The van der Waals surface area contributed by atoms with Gasteiger partial charge in [0.1, 0.15) is 0 Å². The Hall–Kier alpha value is -2.29. The van der Waals surface area contributed by atoms with Gasteiger partial charge in [-0.25, -0.2) is 0 Å². The van der Waals surface area contributed by atoms with E-state index >= 15 is 0 Å². The van der Waals surface area contributed by atoms with Crippen LogP contribution in [0, 0.1) is 6.92 Å². The van der Waals surface area contributed by atoms with Gasteiger partial charge in [-0.1, -0.05) is 30.3 Å². The number of nitrogens with one attached hydrogen (secondary N) is 1. The van der Waals surface area contributed by atoms with Crippen LogP contribution < -0.4 is 11.1 Å². The fourth-order valence-electron chi connectivity index (χ4n) is 2.06. The number of carbonyl (C=O) groups is 1. The van der Waals surface area contributed by atoms with Gasteiger partial charge in [-0.2, -0.15) is 0 Å². The molecule has 0 radical (unpaired) electrons. The molecule has 18 heavy (non-hydrogen) atoms. The van der Waals surface area contributed by atoms with E-state index in [9.17, 15) is 4.79 Å². The minimum atomic E-state index is -0.0883.